The predicted molar refractivity (Wildman–Crippen MR) is 117 cm³/mol. The van der Waals surface area contributed by atoms with Gasteiger partial charge in [0.25, 0.3) is 0 Å². The second kappa shape index (κ2) is 12.5. The van der Waals surface area contributed by atoms with E-state index in [9.17, 15) is 17.6 Å². The van der Waals surface area contributed by atoms with Gasteiger partial charge in [-0.1, -0.05) is 12.1 Å². The summed E-state index contributed by atoms with van der Waals surface area (Å²) in [5.41, 5.74) is -1.03. The Morgan fingerprint density at radius 3 is 2.48 bits per heavy atom. The number of unbranched alkanes of at least 4 members (excludes halogenated alkanes) is 1. The van der Waals surface area contributed by atoms with Crippen LogP contribution in [-0.2, 0) is 12.7 Å². The van der Waals surface area contributed by atoms with Gasteiger partial charge in [-0.3, -0.25) is 4.99 Å². The summed E-state index contributed by atoms with van der Waals surface area (Å²) in [4.78, 5) is 8.15. The lowest BCUT2D eigenvalue weighted by atomic mass is 10.1. The molecule has 3 N–H and O–H groups in total. The Morgan fingerprint density at radius 1 is 1.07 bits per heavy atom. The largest absolute Gasteiger partial charge is 0.416 e. The van der Waals surface area contributed by atoms with Crippen molar-refractivity contribution >= 4 is 35.8 Å². The Balaban J connectivity index is 0.00000420. The first-order valence-corrected chi connectivity index (χ1v) is 8.85. The Labute approximate surface area is 184 Å². The first kappa shape index (κ1) is 24.9. The molecular weight excluding hydrogens is 501 g/mol. The minimum absolute atomic E-state index is 0. The van der Waals surface area contributed by atoms with Crippen molar-refractivity contribution < 1.29 is 17.6 Å². The zero-order valence-corrected chi connectivity index (χ0v) is 18.2. The summed E-state index contributed by atoms with van der Waals surface area (Å²) in [6.07, 6.45) is -1.18. The van der Waals surface area contributed by atoms with Crippen molar-refractivity contribution in [1.82, 2.24) is 15.6 Å². The minimum Gasteiger partial charge on any atom is -0.370 e. The number of pyridine rings is 1. The lowest BCUT2D eigenvalue weighted by molar-refractivity contribution is -0.138. The Hall–Kier alpha value is -2.11. The van der Waals surface area contributed by atoms with Crippen molar-refractivity contribution in [3.63, 3.8) is 0 Å². The van der Waals surface area contributed by atoms with Crippen molar-refractivity contribution in [2.75, 3.05) is 25.5 Å². The van der Waals surface area contributed by atoms with Crippen molar-refractivity contribution in [2.45, 2.75) is 25.6 Å². The van der Waals surface area contributed by atoms with Crippen LogP contribution >= 0.6 is 24.0 Å². The highest BCUT2D eigenvalue weighted by atomic mass is 127. The maximum Gasteiger partial charge on any atom is 0.416 e. The SMILES string of the molecule is CN=C(NCCCCNc1ccccn1)NCc1ccc(F)cc1C(F)(F)F.I. The lowest BCUT2D eigenvalue weighted by Crippen LogP contribution is -2.37. The molecule has 29 heavy (non-hydrogen) atoms. The van der Waals surface area contributed by atoms with Crippen LogP contribution in [0.4, 0.5) is 23.4 Å². The number of aromatic nitrogens is 1. The third kappa shape index (κ3) is 8.84. The molecule has 0 radical (unpaired) electrons. The fraction of sp³-hybridized carbons (Fsp3) is 0.368. The van der Waals surface area contributed by atoms with E-state index in [0.29, 0.717) is 18.6 Å². The van der Waals surface area contributed by atoms with E-state index < -0.39 is 17.6 Å². The maximum atomic E-state index is 13.2. The molecule has 5 nitrogen and oxygen atoms in total. The van der Waals surface area contributed by atoms with Gasteiger partial charge in [-0.15, -0.1) is 24.0 Å². The molecule has 0 unspecified atom stereocenters. The van der Waals surface area contributed by atoms with Gasteiger partial charge in [-0.25, -0.2) is 9.37 Å². The van der Waals surface area contributed by atoms with E-state index in [2.05, 4.69) is 25.9 Å². The quantitative estimate of drug-likeness (QED) is 0.157. The summed E-state index contributed by atoms with van der Waals surface area (Å²) in [7, 11) is 1.54. The van der Waals surface area contributed by atoms with Gasteiger partial charge >= 0.3 is 6.18 Å². The van der Waals surface area contributed by atoms with Crippen LogP contribution in [0.2, 0.25) is 0 Å². The number of aliphatic imine (C=N–C) groups is 1. The lowest BCUT2D eigenvalue weighted by Gasteiger charge is -2.16. The zero-order chi connectivity index (χ0) is 20.4. The molecule has 0 fully saturated rings. The van der Waals surface area contributed by atoms with Crippen molar-refractivity contribution in [2.24, 2.45) is 4.99 Å². The zero-order valence-electron chi connectivity index (χ0n) is 15.9. The highest BCUT2D eigenvalue weighted by Crippen LogP contribution is 2.32. The van der Waals surface area contributed by atoms with Crippen LogP contribution in [0.25, 0.3) is 0 Å². The van der Waals surface area contributed by atoms with Crippen LogP contribution in [0.5, 0.6) is 0 Å². The summed E-state index contributed by atoms with van der Waals surface area (Å²) in [6.45, 7) is 1.25. The molecule has 0 saturated carbocycles. The smallest absolute Gasteiger partial charge is 0.370 e. The molecule has 0 bridgehead atoms. The molecule has 0 saturated heterocycles. The summed E-state index contributed by atoms with van der Waals surface area (Å²) in [6, 6.07) is 8.27. The van der Waals surface area contributed by atoms with Gasteiger partial charge in [0.1, 0.15) is 11.6 Å². The molecule has 160 valence electrons. The van der Waals surface area contributed by atoms with Crippen LogP contribution in [0.3, 0.4) is 0 Å². The molecule has 1 aromatic carbocycles. The van der Waals surface area contributed by atoms with Gasteiger partial charge in [0.15, 0.2) is 5.96 Å². The van der Waals surface area contributed by atoms with Crippen molar-refractivity contribution in [1.29, 1.82) is 0 Å². The van der Waals surface area contributed by atoms with Gasteiger partial charge in [-0.2, -0.15) is 13.2 Å². The normalized spacial score (nSPS) is 11.6. The van der Waals surface area contributed by atoms with Crippen LogP contribution < -0.4 is 16.0 Å². The molecule has 1 heterocycles. The molecule has 0 amide bonds. The molecule has 0 aliphatic heterocycles. The van der Waals surface area contributed by atoms with Gasteiger partial charge in [0.05, 0.1) is 5.56 Å². The first-order valence-electron chi connectivity index (χ1n) is 8.85. The minimum atomic E-state index is -4.61. The second-order valence-electron chi connectivity index (χ2n) is 6.00. The predicted octanol–water partition coefficient (Wildman–Crippen LogP) is 4.41. The molecular formula is C19H24F4IN5. The number of halogens is 5. The standard InChI is InChI=1S/C19H23F4N5.HI/c1-24-18(27-11-5-4-10-26-17-6-2-3-9-25-17)28-13-14-7-8-15(20)12-16(14)19(21,22)23;/h2-3,6-9,12H,4-5,10-11,13H2,1H3,(H,25,26)(H2,24,27,28);1H. The highest BCUT2D eigenvalue weighted by Gasteiger charge is 2.33. The highest BCUT2D eigenvalue weighted by molar-refractivity contribution is 14.0. The molecule has 0 aliphatic rings. The van der Waals surface area contributed by atoms with Crippen LogP contribution in [-0.4, -0.2) is 31.1 Å². The Kier molecular flexibility index (Phi) is 10.7. The molecule has 2 rings (SSSR count). The molecule has 0 atom stereocenters. The van der Waals surface area contributed by atoms with E-state index >= 15 is 0 Å². The topological polar surface area (TPSA) is 61.3 Å². The second-order valence-corrected chi connectivity index (χ2v) is 6.00. The van der Waals surface area contributed by atoms with Gasteiger partial charge in [0, 0.05) is 32.9 Å². The van der Waals surface area contributed by atoms with Gasteiger partial charge < -0.3 is 16.0 Å². The van der Waals surface area contributed by atoms with E-state index in [4.69, 9.17) is 0 Å². The third-order valence-electron chi connectivity index (χ3n) is 3.91. The molecule has 0 aliphatic carbocycles. The van der Waals surface area contributed by atoms with Gasteiger partial charge in [0.2, 0.25) is 0 Å². The van der Waals surface area contributed by atoms with E-state index in [0.717, 1.165) is 37.3 Å². The number of guanidine groups is 1. The van der Waals surface area contributed by atoms with E-state index in [-0.39, 0.29) is 36.1 Å². The fourth-order valence-corrected chi connectivity index (χ4v) is 2.51. The number of alkyl halides is 3. The molecule has 10 heteroatoms. The summed E-state index contributed by atoms with van der Waals surface area (Å²) < 4.78 is 52.2. The summed E-state index contributed by atoms with van der Waals surface area (Å²) in [5, 5.41) is 9.07. The number of rotatable bonds is 8. The summed E-state index contributed by atoms with van der Waals surface area (Å²) >= 11 is 0. The average Bonchev–Trinajstić information content (AvgIpc) is 2.67. The third-order valence-corrected chi connectivity index (χ3v) is 3.91. The monoisotopic (exact) mass is 525 g/mol. The summed E-state index contributed by atoms with van der Waals surface area (Å²) in [5.74, 6) is 0.278. The van der Waals surface area contributed by atoms with Crippen LogP contribution in [0, 0.1) is 5.82 Å². The number of nitrogens with one attached hydrogen (secondary N) is 3. The molecule has 0 spiro atoms. The van der Waals surface area contributed by atoms with E-state index in [1.54, 1.807) is 6.20 Å². The van der Waals surface area contributed by atoms with E-state index in [1.807, 2.05) is 18.2 Å². The van der Waals surface area contributed by atoms with Crippen molar-refractivity contribution in [3.8, 4) is 0 Å². The van der Waals surface area contributed by atoms with Crippen LogP contribution in [0.1, 0.15) is 24.0 Å². The number of hydrogen-bond donors (Lipinski definition) is 3. The first-order chi connectivity index (χ1) is 13.4. The van der Waals surface area contributed by atoms with Gasteiger partial charge in [-0.05, 0) is 42.7 Å². The number of nitrogens with zero attached hydrogens (tertiary/aromatic N) is 2. The van der Waals surface area contributed by atoms with E-state index in [1.165, 1.54) is 7.05 Å². The Morgan fingerprint density at radius 2 is 1.83 bits per heavy atom. The fourth-order valence-electron chi connectivity index (χ4n) is 2.51. The molecule has 1 aromatic heterocycles. The number of benzene rings is 1. The number of hydrogen-bond acceptors (Lipinski definition) is 3. The van der Waals surface area contributed by atoms with Crippen molar-refractivity contribution in [3.05, 3.63) is 59.5 Å². The maximum absolute atomic E-state index is 13.2. The average molecular weight is 525 g/mol. The molecule has 2 aromatic rings. The van der Waals surface area contributed by atoms with Crippen LogP contribution in [0.15, 0.2) is 47.6 Å². The number of anilines is 1. The Bertz CT molecular complexity index is 769.